The first-order chi connectivity index (χ1) is 16.8. The molecule has 1 atom stereocenters. The summed E-state index contributed by atoms with van der Waals surface area (Å²) in [5.41, 5.74) is 1.04. The number of amides is 1. The van der Waals surface area contributed by atoms with E-state index in [0.29, 0.717) is 36.6 Å². The van der Waals surface area contributed by atoms with Crippen LogP contribution >= 0.6 is 0 Å². The Labute approximate surface area is 202 Å². The number of hydrogen-bond acceptors (Lipinski definition) is 6. The molecule has 0 saturated carbocycles. The molecule has 0 fully saturated rings. The van der Waals surface area contributed by atoms with E-state index in [1.54, 1.807) is 18.4 Å². The van der Waals surface area contributed by atoms with Crippen LogP contribution in [0.3, 0.4) is 0 Å². The average Bonchev–Trinajstić information content (AvgIpc) is 2.86. The summed E-state index contributed by atoms with van der Waals surface area (Å²) >= 11 is 0. The van der Waals surface area contributed by atoms with E-state index in [9.17, 15) is 18.0 Å². The maximum atomic E-state index is 12.6. The third-order valence-electron chi connectivity index (χ3n) is 5.18. The third kappa shape index (κ3) is 8.62. The molecule has 1 amide bonds. The molecule has 2 aromatic rings. The van der Waals surface area contributed by atoms with Gasteiger partial charge in [-0.15, -0.1) is 0 Å². The van der Waals surface area contributed by atoms with Crippen molar-refractivity contribution in [1.29, 1.82) is 0 Å². The van der Waals surface area contributed by atoms with Crippen molar-refractivity contribution in [3.63, 3.8) is 0 Å². The zero-order chi connectivity index (χ0) is 25.1. The highest BCUT2D eigenvalue weighted by Gasteiger charge is 2.32. The summed E-state index contributed by atoms with van der Waals surface area (Å²) in [7, 11) is 0. The van der Waals surface area contributed by atoms with Gasteiger partial charge in [-0.05, 0) is 54.8 Å². The molecule has 0 spiro atoms. The van der Waals surface area contributed by atoms with Gasteiger partial charge >= 0.3 is 6.18 Å². The Hall–Kier alpha value is -3.56. The maximum absolute atomic E-state index is 12.6. The summed E-state index contributed by atoms with van der Waals surface area (Å²) in [5.74, 6) is 0.608. The summed E-state index contributed by atoms with van der Waals surface area (Å²) in [6.45, 7) is 3.10. The lowest BCUT2D eigenvalue weighted by Gasteiger charge is -2.17. The molecule has 7 nitrogen and oxygen atoms in total. The summed E-state index contributed by atoms with van der Waals surface area (Å²) < 4.78 is 48.6. The summed E-state index contributed by atoms with van der Waals surface area (Å²) in [4.78, 5) is 20.8. The van der Waals surface area contributed by atoms with Crippen LogP contribution in [0.15, 0.2) is 60.1 Å². The number of benzene rings is 1. The lowest BCUT2D eigenvalue weighted by atomic mass is 10.1. The van der Waals surface area contributed by atoms with Gasteiger partial charge < -0.3 is 19.6 Å². The number of carbonyl (C=O) groups is 1. The van der Waals surface area contributed by atoms with Gasteiger partial charge in [0, 0.05) is 24.2 Å². The number of nitrogens with zero attached hydrogens (tertiary/aromatic N) is 2. The van der Waals surface area contributed by atoms with E-state index in [4.69, 9.17) is 14.3 Å². The second-order valence-electron chi connectivity index (χ2n) is 7.98. The van der Waals surface area contributed by atoms with Crippen molar-refractivity contribution in [2.24, 2.45) is 11.1 Å². The Kier molecular flexibility index (Phi) is 9.51. The number of hydrogen-bond donors (Lipinski definition) is 1. The van der Waals surface area contributed by atoms with Crippen LogP contribution in [0.25, 0.3) is 0 Å². The van der Waals surface area contributed by atoms with Gasteiger partial charge in [0.1, 0.15) is 18.1 Å². The predicted octanol–water partition coefficient (Wildman–Crippen LogP) is 4.87. The largest absolute Gasteiger partial charge is 0.501 e. The Morgan fingerprint density at radius 1 is 1.23 bits per heavy atom. The predicted molar refractivity (Wildman–Crippen MR) is 124 cm³/mol. The fourth-order valence-corrected chi connectivity index (χ4v) is 3.25. The van der Waals surface area contributed by atoms with Crippen molar-refractivity contribution in [2.75, 3.05) is 19.8 Å². The lowest BCUT2D eigenvalue weighted by molar-refractivity contribution is -0.141. The van der Waals surface area contributed by atoms with Crippen LogP contribution in [0.4, 0.5) is 13.2 Å². The van der Waals surface area contributed by atoms with Crippen LogP contribution in [0, 0.1) is 5.92 Å². The first kappa shape index (κ1) is 26.1. The molecule has 1 aliphatic heterocycles. The van der Waals surface area contributed by atoms with Crippen LogP contribution in [-0.2, 0) is 27.2 Å². The van der Waals surface area contributed by atoms with Crippen molar-refractivity contribution < 1.29 is 32.3 Å². The molecule has 1 N–H and O–H groups in total. The number of carbonyl (C=O) groups excluding carboxylic acids is 1. The van der Waals surface area contributed by atoms with Crippen LogP contribution in [0.2, 0.25) is 0 Å². The van der Waals surface area contributed by atoms with Gasteiger partial charge in [0.2, 0.25) is 0 Å². The fraction of sp³-hybridized carbons (Fsp3) is 0.400. The van der Waals surface area contributed by atoms with Crippen LogP contribution in [0.1, 0.15) is 43.0 Å². The van der Waals surface area contributed by atoms with Gasteiger partial charge in [-0.3, -0.25) is 9.78 Å². The second kappa shape index (κ2) is 12.8. The Morgan fingerprint density at radius 2 is 2.03 bits per heavy atom. The topological polar surface area (TPSA) is 82.0 Å². The number of aromatic nitrogens is 1. The molecule has 35 heavy (non-hydrogen) atoms. The molecule has 1 unspecified atom stereocenters. The number of alkyl halides is 3. The molecule has 0 radical (unpaired) electrons. The first-order valence-electron chi connectivity index (χ1n) is 11.3. The highest BCUT2D eigenvalue weighted by atomic mass is 19.4. The van der Waals surface area contributed by atoms with Crippen molar-refractivity contribution in [3.8, 4) is 5.75 Å². The number of halogens is 3. The number of rotatable bonds is 11. The van der Waals surface area contributed by atoms with E-state index in [1.807, 2.05) is 25.1 Å². The Morgan fingerprint density at radius 3 is 2.66 bits per heavy atom. The third-order valence-corrected chi connectivity index (χ3v) is 5.18. The Bertz CT molecular complexity index is 1010. The Balaban J connectivity index is 1.49. The molecule has 1 aliphatic rings. The zero-order valence-electron chi connectivity index (χ0n) is 19.4. The second-order valence-corrected chi connectivity index (χ2v) is 7.98. The monoisotopic (exact) mass is 491 g/mol. The van der Waals surface area contributed by atoms with Gasteiger partial charge in [0.25, 0.3) is 5.91 Å². The van der Waals surface area contributed by atoms with E-state index < -0.39 is 11.9 Å². The van der Waals surface area contributed by atoms with Crippen molar-refractivity contribution in [3.05, 3.63) is 71.8 Å². The number of pyridine rings is 1. The standard InChI is InChI=1S/C25H28F3N3O4/c1-2-3-22(31-35-16-19-4-9-23(29-15-19)25(26,27)28)20-5-7-21(8-6-20)34-17-24(32)30-14-18-10-12-33-13-11-18/h4-10,12,15,18H,2-3,11,13-14,16-17H2,1H3,(H,30,32)/b31-22-. The van der Waals surface area contributed by atoms with E-state index in [0.717, 1.165) is 30.7 Å². The van der Waals surface area contributed by atoms with E-state index >= 15 is 0 Å². The summed E-state index contributed by atoms with van der Waals surface area (Å²) in [5, 5.41) is 7.02. The van der Waals surface area contributed by atoms with Crippen LogP contribution in [-0.4, -0.2) is 36.4 Å². The lowest BCUT2D eigenvalue weighted by Crippen LogP contribution is -2.33. The molecule has 1 aromatic heterocycles. The molecular formula is C25H28F3N3O4. The zero-order valence-corrected chi connectivity index (χ0v) is 19.4. The van der Waals surface area contributed by atoms with Gasteiger partial charge in [0.15, 0.2) is 6.61 Å². The van der Waals surface area contributed by atoms with Gasteiger partial charge in [-0.1, -0.05) is 24.6 Å². The molecular weight excluding hydrogens is 463 g/mol. The molecule has 188 valence electrons. The normalized spacial score (nSPS) is 15.9. The molecule has 2 heterocycles. The molecule has 0 aliphatic carbocycles. The quantitative estimate of drug-likeness (QED) is 0.358. The number of ether oxygens (including phenoxy) is 2. The smallest absolute Gasteiger partial charge is 0.433 e. The van der Waals surface area contributed by atoms with Gasteiger partial charge in [0.05, 0.1) is 18.6 Å². The minimum atomic E-state index is -4.48. The maximum Gasteiger partial charge on any atom is 0.433 e. The summed E-state index contributed by atoms with van der Waals surface area (Å²) in [6, 6.07) is 9.35. The molecule has 3 rings (SSSR count). The van der Waals surface area contributed by atoms with Crippen molar-refractivity contribution >= 4 is 11.6 Å². The highest BCUT2D eigenvalue weighted by Crippen LogP contribution is 2.27. The van der Waals surface area contributed by atoms with E-state index in [2.05, 4.69) is 15.5 Å². The van der Waals surface area contributed by atoms with Gasteiger partial charge in [-0.25, -0.2) is 0 Å². The number of oxime groups is 1. The SMILES string of the molecule is CCC/C(=N/OCc1ccc(C(F)(F)F)nc1)c1ccc(OCC(=O)NCC2C=COCC2)cc1. The molecule has 0 bridgehead atoms. The van der Waals surface area contributed by atoms with Crippen LogP contribution < -0.4 is 10.1 Å². The van der Waals surface area contributed by atoms with E-state index in [-0.39, 0.29) is 25.0 Å². The highest BCUT2D eigenvalue weighted by molar-refractivity contribution is 6.00. The van der Waals surface area contributed by atoms with Crippen molar-refractivity contribution in [1.82, 2.24) is 10.3 Å². The minimum Gasteiger partial charge on any atom is -0.501 e. The van der Waals surface area contributed by atoms with E-state index in [1.165, 1.54) is 6.07 Å². The molecule has 1 aromatic carbocycles. The average molecular weight is 492 g/mol. The van der Waals surface area contributed by atoms with Crippen molar-refractivity contribution in [2.45, 2.75) is 39.0 Å². The first-order valence-corrected chi connectivity index (χ1v) is 11.3. The number of nitrogens with one attached hydrogen (secondary N) is 1. The molecule has 0 saturated heterocycles. The summed E-state index contributed by atoms with van der Waals surface area (Å²) in [6.07, 6.45) is 2.58. The van der Waals surface area contributed by atoms with Crippen LogP contribution in [0.5, 0.6) is 5.75 Å². The minimum absolute atomic E-state index is 0.00166. The fourth-order valence-electron chi connectivity index (χ4n) is 3.25. The van der Waals surface area contributed by atoms with Gasteiger partial charge in [-0.2, -0.15) is 13.2 Å². The molecule has 10 heteroatoms.